The summed E-state index contributed by atoms with van der Waals surface area (Å²) in [6, 6.07) is 10.1. The predicted molar refractivity (Wildman–Crippen MR) is 78.0 cm³/mol. The second-order valence-corrected chi connectivity index (χ2v) is 6.72. The number of benzene rings is 2. The number of carboxylic acid groups (broad SMARTS) is 1. The quantitative estimate of drug-likeness (QED) is 0.932. The van der Waals surface area contributed by atoms with Gasteiger partial charge >= 0.3 is 5.97 Å². The van der Waals surface area contributed by atoms with Gasteiger partial charge in [-0.2, -0.15) is 0 Å². The first-order chi connectivity index (χ1) is 9.77. The molecule has 0 aliphatic carbocycles. The van der Waals surface area contributed by atoms with Crippen LogP contribution in [-0.2, 0) is 9.84 Å². The predicted octanol–water partition coefficient (Wildman–Crippen LogP) is 3.23. The first-order valence-corrected chi connectivity index (χ1v) is 8.05. The molecule has 0 aromatic heterocycles. The molecule has 1 N–H and O–H groups in total. The fraction of sp³-hybridized carbons (Fsp3) is 0.0714. The summed E-state index contributed by atoms with van der Waals surface area (Å²) in [4.78, 5) is 11.0. The van der Waals surface area contributed by atoms with Crippen molar-refractivity contribution >= 4 is 27.4 Å². The fourth-order valence-corrected chi connectivity index (χ4v) is 2.54. The summed E-state index contributed by atoms with van der Waals surface area (Å²) in [5.74, 6) is -0.502. The largest absolute Gasteiger partial charge is 0.478 e. The summed E-state index contributed by atoms with van der Waals surface area (Å²) in [5, 5.41) is 8.92. The van der Waals surface area contributed by atoms with Crippen LogP contribution >= 0.6 is 11.6 Å². The van der Waals surface area contributed by atoms with Crippen LogP contribution in [0.25, 0.3) is 0 Å². The molecule has 0 aliphatic rings. The summed E-state index contributed by atoms with van der Waals surface area (Å²) in [7, 11) is -3.33. The number of hydrogen-bond donors (Lipinski definition) is 1. The minimum atomic E-state index is -3.33. The second kappa shape index (κ2) is 5.75. The number of hydrogen-bond acceptors (Lipinski definition) is 4. The molecule has 0 bridgehead atoms. The lowest BCUT2D eigenvalue weighted by atomic mass is 10.2. The van der Waals surface area contributed by atoms with Crippen LogP contribution in [0.1, 0.15) is 10.4 Å². The molecule has 0 saturated carbocycles. The molecule has 7 heteroatoms. The van der Waals surface area contributed by atoms with E-state index in [9.17, 15) is 13.2 Å². The van der Waals surface area contributed by atoms with Crippen molar-refractivity contribution < 1.29 is 23.1 Å². The Hall–Kier alpha value is -2.05. The van der Waals surface area contributed by atoms with Crippen molar-refractivity contribution in [3.05, 3.63) is 53.1 Å². The molecule has 0 heterocycles. The van der Waals surface area contributed by atoms with E-state index >= 15 is 0 Å². The maximum Gasteiger partial charge on any atom is 0.337 e. The van der Waals surface area contributed by atoms with Crippen LogP contribution in [-0.4, -0.2) is 25.7 Å². The summed E-state index contributed by atoms with van der Waals surface area (Å²) in [6.45, 7) is 0. The third-order valence-corrected chi connectivity index (χ3v) is 4.06. The van der Waals surface area contributed by atoms with E-state index in [2.05, 4.69) is 0 Å². The Kier molecular flexibility index (Phi) is 4.20. The van der Waals surface area contributed by atoms with E-state index in [1.165, 1.54) is 30.3 Å². The third kappa shape index (κ3) is 3.74. The molecule has 5 nitrogen and oxygen atoms in total. The van der Waals surface area contributed by atoms with Crippen LogP contribution in [0.5, 0.6) is 11.5 Å². The lowest BCUT2D eigenvalue weighted by Crippen LogP contribution is -1.98. The van der Waals surface area contributed by atoms with E-state index in [-0.39, 0.29) is 15.5 Å². The number of carboxylic acids is 1. The topological polar surface area (TPSA) is 80.7 Å². The molecular weight excluding hydrogens is 316 g/mol. The van der Waals surface area contributed by atoms with Crippen molar-refractivity contribution in [3.63, 3.8) is 0 Å². The van der Waals surface area contributed by atoms with Gasteiger partial charge in [0, 0.05) is 12.3 Å². The van der Waals surface area contributed by atoms with E-state index in [4.69, 9.17) is 21.4 Å². The van der Waals surface area contributed by atoms with Crippen LogP contribution in [0.2, 0.25) is 5.02 Å². The summed E-state index contributed by atoms with van der Waals surface area (Å²) >= 11 is 5.84. The van der Waals surface area contributed by atoms with Crippen molar-refractivity contribution in [2.75, 3.05) is 6.26 Å². The van der Waals surface area contributed by atoms with Crippen LogP contribution in [0, 0.1) is 0 Å². The van der Waals surface area contributed by atoms with E-state index in [1.807, 2.05) is 0 Å². The van der Waals surface area contributed by atoms with Gasteiger partial charge in [-0.1, -0.05) is 17.7 Å². The highest BCUT2D eigenvalue weighted by Crippen LogP contribution is 2.28. The minimum absolute atomic E-state index is 0.0334. The highest BCUT2D eigenvalue weighted by molar-refractivity contribution is 7.90. The van der Waals surface area contributed by atoms with Crippen LogP contribution in [0.15, 0.2) is 47.4 Å². The monoisotopic (exact) mass is 326 g/mol. The smallest absolute Gasteiger partial charge is 0.337 e. The van der Waals surface area contributed by atoms with Crippen molar-refractivity contribution in [1.29, 1.82) is 0 Å². The number of halogens is 1. The zero-order valence-corrected chi connectivity index (χ0v) is 12.5. The van der Waals surface area contributed by atoms with Crippen molar-refractivity contribution in [2.24, 2.45) is 0 Å². The molecule has 110 valence electrons. The van der Waals surface area contributed by atoms with Gasteiger partial charge in [0.2, 0.25) is 0 Å². The molecule has 0 fully saturated rings. The Morgan fingerprint density at radius 1 is 1.14 bits per heavy atom. The van der Waals surface area contributed by atoms with Gasteiger partial charge in [0.15, 0.2) is 9.84 Å². The fourth-order valence-electron chi connectivity index (χ4n) is 1.64. The molecule has 21 heavy (non-hydrogen) atoms. The van der Waals surface area contributed by atoms with Gasteiger partial charge in [-0.25, -0.2) is 13.2 Å². The summed E-state index contributed by atoms with van der Waals surface area (Å²) < 4.78 is 28.4. The van der Waals surface area contributed by atoms with Crippen molar-refractivity contribution in [1.82, 2.24) is 0 Å². The molecule has 0 aliphatic heterocycles. The number of carbonyl (C=O) groups is 1. The number of rotatable bonds is 4. The minimum Gasteiger partial charge on any atom is -0.478 e. The van der Waals surface area contributed by atoms with Crippen molar-refractivity contribution in [2.45, 2.75) is 4.90 Å². The number of ether oxygens (including phenoxy) is 1. The van der Waals surface area contributed by atoms with Crippen LogP contribution in [0.3, 0.4) is 0 Å². The highest BCUT2D eigenvalue weighted by atomic mass is 35.5. The summed E-state index contributed by atoms with van der Waals surface area (Å²) in [5.41, 5.74) is -0.0334. The highest BCUT2D eigenvalue weighted by Gasteiger charge is 2.11. The van der Waals surface area contributed by atoms with Gasteiger partial charge in [0.05, 0.1) is 15.5 Å². The lowest BCUT2D eigenvalue weighted by Gasteiger charge is -2.08. The van der Waals surface area contributed by atoms with Crippen LogP contribution in [0.4, 0.5) is 0 Å². The average Bonchev–Trinajstić information content (AvgIpc) is 2.37. The van der Waals surface area contributed by atoms with E-state index in [1.54, 1.807) is 12.1 Å². The van der Waals surface area contributed by atoms with Gasteiger partial charge in [0.25, 0.3) is 0 Å². The zero-order chi connectivity index (χ0) is 15.6. The van der Waals surface area contributed by atoms with Gasteiger partial charge in [-0.05, 0) is 30.3 Å². The first-order valence-electron chi connectivity index (χ1n) is 5.78. The van der Waals surface area contributed by atoms with E-state index < -0.39 is 15.8 Å². The van der Waals surface area contributed by atoms with Gasteiger partial charge in [-0.3, -0.25) is 0 Å². The first kappa shape index (κ1) is 15.3. The zero-order valence-electron chi connectivity index (χ0n) is 10.9. The third-order valence-electron chi connectivity index (χ3n) is 2.64. The molecule has 0 radical (unpaired) electrons. The van der Waals surface area contributed by atoms with Crippen molar-refractivity contribution in [3.8, 4) is 11.5 Å². The Morgan fingerprint density at radius 3 is 2.38 bits per heavy atom. The molecule has 0 spiro atoms. The molecule has 2 aromatic rings. The molecule has 0 saturated heterocycles. The molecule has 0 amide bonds. The normalized spacial score (nSPS) is 11.1. The summed E-state index contributed by atoms with van der Waals surface area (Å²) in [6.07, 6.45) is 1.10. The van der Waals surface area contributed by atoms with E-state index in [0.717, 1.165) is 6.26 Å². The lowest BCUT2D eigenvalue weighted by molar-refractivity contribution is 0.0697. The molecule has 0 atom stereocenters. The average molecular weight is 327 g/mol. The van der Waals surface area contributed by atoms with Gasteiger partial charge in [0.1, 0.15) is 11.5 Å². The molecule has 2 aromatic carbocycles. The Balaban J connectivity index is 2.31. The van der Waals surface area contributed by atoms with Crippen LogP contribution < -0.4 is 4.74 Å². The molecular formula is C14H11ClO5S. The van der Waals surface area contributed by atoms with Gasteiger partial charge < -0.3 is 9.84 Å². The van der Waals surface area contributed by atoms with Gasteiger partial charge in [-0.15, -0.1) is 0 Å². The number of sulfone groups is 1. The molecule has 0 unspecified atom stereocenters. The Morgan fingerprint density at radius 2 is 1.81 bits per heavy atom. The standard InChI is InChI=1S/C14H11ClO5S/c1-21(18,19)11-4-2-3-9(7-11)20-10-5-6-12(14(16)17)13(15)8-10/h2-8H,1H3,(H,16,17). The Labute approximate surface area is 126 Å². The molecule has 2 rings (SSSR count). The maximum absolute atomic E-state index is 11.5. The Bertz CT molecular complexity index is 799. The number of aromatic carboxylic acids is 1. The van der Waals surface area contributed by atoms with E-state index in [0.29, 0.717) is 11.5 Å². The maximum atomic E-state index is 11.5. The second-order valence-electron chi connectivity index (χ2n) is 4.30. The SMILES string of the molecule is CS(=O)(=O)c1cccc(Oc2ccc(C(=O)O)c(Cl)c2)c1.